The van der Waals surface area contributed by atoms with Crippen molar-refractivity contribution in [3.8, 4) is 0 Å². The molecule has 24 heteroatoms. The Bertz CT molecular complexity index is 2170. The minimum absolute atomic E-state index is 0.000381. The van der Waals surface area contributed by atoms with Gasteiger partial charge in [-0.25, -0.2) is 4.79 Å². The van der Waals surface area contributed by atoms with Gasteiger partial charge in [-0.05, 0) is 36.3 Å². The summed E-state index contributed by atoms with van der Waals surface area (Å²) < 4.78 is 0. The Labute approximate surface area is 406 Å². The van der Waals surface area contributed by atoms with Crippen LogP contribution in [0.2, 0.25) is 0 Å². The third kappa shape index (κ3) is 18.3. The Morgan fingerprint density at radius 3 is 1.41 bits per heavy atom. The number of hydrogen-bond acceptors (Lipinski definition) is 13. The van der Waals surface area contributed by atoms with Crippen LogP contribution in [-0.2, 0) is 57.5 Å². The Morgan fingerprint density at radius 1 is 0.543 bits per heavy atom. The number of carboxylic acids is 5. The van der Waals surface area contributed by atoms with Crippen LogP contribution in [0.3, 0.4) is 0 Å². The van der Waals surface area contributed by atoms with E-state index in [1.807, 2.05) is 0 Å². The van der Waals surface area contributed by atoms with Gasteiger partial charge in [0.2, 0.25) is 35.4 Å². The van der Waals surface area contributed by atoms with Crippen LogP contribution in [0.1, 0.15) is 94.6 Å². The number of aliphatic carboxylic acids is 5. The third-order valence-electron chi connectivity index (χ3n) is 11.5. The molecular weight excluding hydrogens is 941 g/mol. The molecule has 11 N–H and O–H groups in total. The van der Waals surface area contributed by atoms with E-state index in [1.165, 1.54) is 0 Å². The Morgan fingerprint density at radius 2 is 0.971 bits per heavy atom. The smallest absolute Gasteiger partial charge is 0.374 e. The van der Waals surface area contributed by atoms with Crippen molar-refractivity contribution in [2.45, 2.75) is 120 Å². The van der Waals surface area contributed by atoms with Gasteiger partial charge in [0.15, 0.2) is 5.92 Å². The largest absolute Gasteiger partial charge is 0.481 e. The lowest BCUT2D eigenvalue weighted by molar-refractivity contribution is -0.156. The van der Waals surface area contributed by atoms with Crippen LogP contribution in [-0.4, -0.2) is 139 Å². The van der Waals surface area contributed by atoms with Crippen molar-refractivity contribution < 1.29 is 83.1 Å². The highest BCUT2D eigenvalue weighted by atomic mass is 32.1. The lowest BCUT2D eigenvalue weighted by Gasteiger charge is -2.32. The lowest BCUT2D eigenvalue weighted by Crippen LogP contribution is -2.61. The Kier molecular flexibility index (Phi) is 22.9. The Balaban J connectivity index is 2.17. The number of rotatable bonds is 29. The summed E-state index contributed by atoms with van der Waals surface area (Å²) in [5.41, 5.74) is 0.710. The summed E-state index contributed by atoms with van der Waals surface area (Å²) in [5.74, 6) is -20.6. The Hall–Kier alpha value is -7.37. The zero-order valence-corrected chi connectivity index (χ0v) is 38.9. The minimum Gasteiger partial charge on any atom is -0.481 e. The van der Waals surface area contributed by atoms with Gasteiger partial charge < -0.3 is 57.4 Å². The molecule has 2 aromatic rings. The highest BCUT2D eigenvalue weighted by molar-refractivity contribution is 7.80. The summed E-state index contributed by atoms with van der Waals surface area (Å²) >= 11 is 3.99. The maximum atomic E-state index is 14.9. The minimum atomic E-state index is -2.35. The third-order valence-corrected chi connectivity index (χ3v) is 11.9. The van der Waals surface area contributed by atoms with E-state index in [2.05, 4.69) is 44.5 Å². The molecule has 0 spiro atoms. The highest BCUT2D eigenvalue weighted by Gasteiger charge is 2.40. The first kappa shape index (κ1) is 57.0. The summed E-state index contributed by atoms with van der Waals surface area (Å²) in [4.78, 5) is 155. The van der Waals surface area contributed by atoms with E-state index in [9.17, 15) is 83.1 Å². The zero-order chi connectivity index (χ0) is 52.1. The van der Waals surface area contributed by atoms with Crippen LogP contribution in [0, 0.1) is 11.8 Å². The maximum absolute atomic E-state index is 14.9. The van der Waals surface area contributed by atoms with E-state index in [0.717, 1.165) is 26.2 Å². The molecule has 2 aromatic carbocycles. The van der Waals surface area contributed by atoms with E-state index in [1.54, 1.807) is 60.7 Å². The van der Waals surface area contributed by atoms with E-state index < -0.39 is 157 Å². The molecule has 0 saturated heterocycles. The predicted molar refractivity (Wildman–Crippen MR) is 247 cm³/mol. The first-order valence-corrected chi connectivity index (χ1v) is 22.9. The van der Waals surface area contributed by atoms with Crippen LogP contribution in [0.5, 0.6) is 0 Å². The van der Waals surface area contributed by atoms with Crippen molar-refractivity contribution in [1.29, 1.82) is 0 Å². The molecule has 1 fully saturated rings. The SMILES string of the molecule is CC(=O)N[C@@H](CCC(=O)O)C(=O)N[C@H](CC(C(=O)O)C(=O)O)C(=O)N[C@H](C(=O)N[C@@H](CCC(=O)O)C(=O)N[C@@H](CC1CCCCC1)C(=O)N[C@@H](CS)C(=O)C(=O)O)C(c1ccccc1)c1ccccc1. The molecule has 0 unspecified atom stereocenters. The second-order valence-electron chi connectivity index (χ2n) is 16.7. The quantitative estimate of drug-likeness (QED) is 0.0294. The molecular formula is C46H58N6O17S. The number of Topliss-reactive ketones (excluding diaryl/α,β-unsaturated/α-hetero) is 1. The van der Waals surface area contributed by atoms with Gasteiger partial charge in [0, 0.05) is 37.9 Å². The van der Waals surface area contributed by atoms with Crippen LogP contribution in [0.4, 0.5) is 0 Å². The average Bonchev–Trinajstić information content (AvgIpc) is 3.31. The number of carbonyl (C=O) groups excluding carboxylic acids is 7. The van der Waals surface area contributed by atoms with Crippen LogP contribution < -0.4 is 31.9 Å². The highest BCUT2D eigenvalue weighted by Crippen LogP contribution is 2.30. The van der Waals surface area contributed by atoms with E-state index in [4.69, 9.17) is 0 Å². The van der Waals surface area contributed by atoms with Gasteiger partial charge in [0.25, 0.3) is 5.78 Å². The summed E-state index contributed by atoms with van der Waals surface area (Å²) in [5, 5.41) is 62.1. The number of carboxylic acid groups (broad SMARTS) is 5. The van der Waals surface area contributed by atoms with Gasteiger partial charge >= 0.3 is 29.8 Å². The van der Waals surface area contributed by atoms with Gasteiger partial charge in [0.1, 0.15) is 36.3 Å². The molecule has 3 rings (SSSR count). The molecule has 0 heterocycles. The topological polar surface area (TPSA) is 378 Å². The molecule has 380 valence electrons. The standard InChI is InChI=1S/C46H58N6O17S/c1-24(53)47-29(17-19-34(54)55)39(59)50-32(22-28(44(64)65)45(66)67)42(62)52-37(36(26-13-7-3-8-14-26)27-15-9-4-10-16-27)43(63)48-30(18-20-35(56)57)40(60)49-31(21-25-11-5-2-6-12-25)41(61)51-33(23-70)38(58)46(68)69/h3-4,7-10,13-16,25,28-33,36-37,70H,2,5-6,11-12,17-23H2,1H3,(H,47,53)(H,48,63)(H,49,60)(H,50,59)(H,51,61)(H,52,62)(H,54,55)(H,56,57)(H,64,65)(H,66,67)(H,68,69)/t29-,30-,31-,32+,33-,37-/m0/s1. The summed E-state index contributed by atoms with van der Waals surface area (Å²) in [7, 11) is 0. The van der Waals surface area contributed by atoms with Crippen molar-refractivity contribution in [2.24, 2.45) is 11.8 Å². The number of ketones is 1. The van der Waals surface area contributed by atoms with E-state index in [-0.39, 0.29) is 12.3 Å². The number of carbonyl (C=O) groups is 12. The van der Waals surface area contributed by atoms with Crippen molar-refractivity contribution in [3.05, 3.63) is 71.8 Å². The second kappa shape index (κ2) is 28.2. The predicted octanol–water partition coefficient (Wildman–Crippen LogP) is 0.206. The van der Waals surface area contributed by atoms with Gasteiger partial charge in [-0.15, -0.1) is 0 Å². The summed E-state index contributed by atoms with van der Waals surface area (Å²) in [6.07, 6.45) is 0.151. The number of benzene rings is 2. The van der Waals surface area contributed by atoms with Crippen molar-refractivity contribution in [1.82, 2.24) is 31.9 Å². The maximum Gasteiger partial charge on any atom is 0.374 e. The molecule has 23 nitrogen and oxygen atoms in total. The van der Waals surface area contributed by atoms with E-state index in [0.29, 0.717) is 24.0 Å². The fourth-order valence-corrected chi connectivity index (χ4v) is 8.21. The normalized spacial score (nSPS) is 15.1. The van der Waals surface area contributed by atoms with Crippen LogP contribution >= 0.6 is 12.6 Å². The molecule has 6 amide bonds. The molecule has 1 aliphatic rings. The van der Waals surface area contributed by atoms with Crippen LogP contribution in [0.25, 0.3) is 0 Å². The monoisotopic (exact) mass is 998 g/mol. The first-order valence-electron chi connectivity index (χ1n) is 22.3. The fraction of sp³-hybridized carbons (Fsp3) is 0.478. The number of hydrogen-bond donors (Lipinski definition) is 12. The average molecular weight is 999 g/mol. The van der Waals surface area contributed by atoms with Gasteiger partial charge in [0.05, 0.1) is 0 Å². The van der Waals surface area contributed by atoms with Crippen LogP contribution in [0.15, 0.2) is 60.7 Å². The molecule has 6 atom stereocenters. The number of thiol groups is 1. The van der Waals surface area contributed by atoms with Crippen molar-refractivity contribution in [2.75, 3.05) is 5.75 Å². The molecule has 70 heavy (non-hydrogen) atoms. The van der Waals surface area contributed by atoms with Crippen molar-refractivity contribution in [3.63, 3.8) is 0 Å². The fourth-order valence-electron chi connectivity index (χ4n) is 7.95. The zero-order valence-electron chi connectivity index (χ0n) is 38.0. The molecule has 1 saturated carbocycles. The first-order chi connectivity index (χ1) is 33.1. The van der Waals surface area contributed by atoms with Gasteiger partial charge in [-0.2, -0.15) is 12.6 Å². The summed E-state index contributed by atoms with van der Waals surface area (Å²) in [6.45, 7) is 1.01. The van der Waals surface area contributed by atoms with Crippen molar-refractivity contribution >= 4 is 83.7 Å². The van der Waals surface area contributed by atoms with Gasteiger partial charge in [-0.3, -0.25) is 52.7 Å². The molecule has 0 aliphatic heterocycles. The molecule has 0 bridgehead atoms. The van der Waals surface area contributed by atoms with E-state index >= 15 is 0 Å². The molecule has 1 aliphatic carbocycles. The van der Waals surface area contributed by atoms with Gasteiger partial charge in [-0.1, -0.05) is 92.8 Å². The molecule has 0 radical (unpaired) electrons. The molecule has 0 aromatic heterocycles. The summed E-state index contributed by atoms with van der Waals surface area (Å²) in [6, 6.07) is 5.50. The number of nitrogens with one attached hydrogen (secondary N) is 6. The second-order valence-corrected chi connectivity index (χ2v) is 17.1. The number of amides is 6. The lowest BCUT2D eigenvalue weighted by atomic mass is 9.84.